The number of ether oxygens (including phenoxy) is 2. The first-order valence-corrected chi connectivity index (χ1v) is 6.89. The second kappa shape index (κ2) is 8.03. The Morgan fingerprint density at radius 3 is 3.00 bits per heavy atom. The van der Waals surface area contributed by atoms with Crippen molar-refractivity contribution < 1.29 is 14.3 Å². The number of rotatable bonds is 6. The van der Waals surface area contributed by atoms with Gasteiger partial charge in [-0.05, 0) is 18.8 Å². The summed E-state index contributed by atoms with van der Waals surface area (Å²) in [5.74, 6) is 0.609. The summed E-state index contributed by atoms with van der Waals surface area (Å²) in [6, 6.07) is 0. The zero-order valence-corrected chi connectivity index (χ0v) is 11.3. The van der Waals surface area contributed by atoms with E-state index >= 15 is 0 Å². The molecule has 2 atom stereocenters. The molecule has 0 saturated carbocycles. The minimum absolute atomic E-state index is 0.0498. The van der Waals surface area contributed by atoms with E-state index in [0.717, 1.165) is 24.7 Å². The van der Waals surface area contributed by atoms with Crippen molar-refractivity contribution in [3.63, 3.8) is 0 Å². The summed E-state index contributed by atoms with van der Waals surface area (Å²) < 4.78 is 10.5. The molecule has 2 unspecified atom stereocenters. The summed E-state index contributed by atoms with van der Waals surface area (Å²) in [6.07, 6.45) is 1.71. The van der Waals surface area contributed by atoms with Crippen LogP contribution in [-0.2, 0) is 14.3 Å². The Labute approximate surface area is 105 Å². The number of nitrogens with one attached hydrogen (secondary N) is 1. The van der Waals surface area contributed by atoms with Crippen LogP contribution in [-0.4, -0.2) is 43.7 Å². The third-order valence-electron chi connectivity index (χ3n) is 2.54. The number of hydrogen-bond donors (Lipinski definition) is 1. The Kier molecular flexibility index (Phi) is 7.00. The molecule has 1 fully saturated rings. The van der Waals surface area contributed by atoms with Gasteiger partial charge >= 0.3 is 0 Å². The second-order valence-electron chi connectivity index (χ2n) is 4.13. The maximum absolute atomic E-state index is 11.6. The van der Waals surface area contributed by atoms with Crippen LogP contribution in [0.25, 0.3) is 0 Å². The van der Waals surface area contributed by atoms with Crippen molar-refractivity contribution >= 4 is 21.8 Å². The first-order valence-electron chi connectivity index (χ1n) is 5.77. The molecule has 0 bridgehead atoms. The normalized spacial score (nSPS) is 22.8. The second-order valence-corrected chi connectivity index (χ2v) is 4.77. The fraction of sp³-hybridized carbons (Fsp3) is 0.909. The molecule has 0 aromatic carbocycles. The predicted octanol–water partition coefficient (Wildman–Crippen LogP) is 1.33. The number of carbonyl (C=O) groups is 1. The van der Waals surface area contributed by atoms with E-state index in [1.807, 2.05) is 0 Å². The molecular weight excluding hydrogens is 274 g/mol. The Hall–Kier alpha value is -0.130. The maximum Gasteiger partial charge on any atom is 0.251 e. The van der Waals surface area contributed by atoms with Gasteiger partial charge in [-0.25, -0.2) is 0 Å². The highest BCUT2D eigenvalue weighted by Crippen LogP contribution is 2.07. The molecule has 4 nitrogen and oxygen atoms in total. The van der Waals surface area contributed by atoms with Crippen LogP contribution in [0.1, 0.15) is 19.8 Å². The fourth-order valence-electron chi connectivity index (χ4n) is 1.49. The monoisotopic (exact) mass is 293 g/mol. The number of alkyl halides is 1. The molecule has 1 amide bonds. The minimum atomic E-state index is -0.414. The standard InChI is InChI=1S/C11H20BrNO3/c1-9(7-12)3-2-4-13-11(14)10-8-15-5-6-16-10/h9-10H,2-8H2,1H3,(H,13,14). The average molecular weight is 294 g/mol. The van der Waals surface area contributed by atoms with Crippen molar-refractivity contribution in [2.24, 2.45) is 5.92 Å². The molecule has 0 aliphatic carbocycles. The van der Waals surface area contributed by atoms with E-state index in [9.17, 15) is 4.79 Å². The lowest BCUT2D eigenvalue weighted by molar-refractivity contribution is -0.147. The van der Waals surface area contributed by atoms with Gasteiger partial charge in [0.05, 0.1) is 19.8 Å². The lowest BCUT2D eigenvalue weighted by Gasteiger charge is -2.22. The molecule has 0 aromatic heterocycles. The van der Waals surface area contributed by atoms with Crippen LogP contribution in [0, 0.1) is 5.92 Å². The largest absolute Gasteiger partial charge is 0.376 e. The highest BCUT2D eigenvalue weighted by atomic mass is 79.9. The van der Waals surface area contributed by atoms with Gasteiger partial charge in [0.2, 0.25) is 0 Å². The summed E-state index contributed by atoms with van der Waals surface area (Å²) in [5, 5.41) is 3.89. The molecule has 1 aliphatic heterocycles. The third kappa shape index (κ3) is 5.27. The number of carbonyl (C=O) groups excluding carboxylic acids is 1. The summed E-state index contributed by atoms with van der Waals surface area (Å²) in [4.78, 5) is 11.6. The Morgan fingerprint density at radius 1 is 1.56 bits per heavy atom. The zero-order chi connectivity index (χ0) is 11.8. The van der Waals surface area contributed by atoms with Crippen LogP contribution < -0.4 is 5.32 Å². The van der Waals surface area contributed by atoms with Gasteiger partial charge < -0.3 is 14.8 Å². The molecule has 1 rings (SSSR count). The van der Waals surface area contributed by atoms with E-state index in [1.165, 1.54) is 0 Å². The molecule has 1 saturated heterocycles. The minimum Gasteiger partial charge on any atom is -0.376 e. The molecule has 16 heavy (non-hydrogen) atoms. The Balaban J connectivity index is 2.05. The first kappa shape index (κ1) is 13.9. The van der Waals surface area contributed by atoms with Gasteiger partial charge in [0.25, 0.3) is 5.91 Å². The summed E-state index contributed by atoms with van der Waals surface area (Å²) in [5.41, 5.74) is 0. The van der Waals surface area contributed by atoms with Gasteiger partial charge in [-0.2, -0.15) is 0 Å². The number of amides is 1. The van der Waals surface area contributed by atoms with Gasteiger partial charge in [0.15, 0.2) is 6.10 Å². The van der Waals surface area contributed by atoms with Crippen LogP contribution in [0.4, 0.5) is 0 Å². The molecular formula is C11H20BrNO3. The zero-order valence-electron chi connectivity index (χ0n) is 9.71. The number of halogens is 1. The third-order valence-corrected chi connectivity index (χ3v) is 3.65. The van der Waals surface area contributed by atoms with Crippen LogP contribution in [0.2, 0.25) is 0 Å². The van der Waals surface area contributed by atoms with Gasteiger partial charge in [-0.15, -0.1) is 0 Å². The lowest BCUT2D eigenvalue weighted by Crippen LogP contribution is -2.43. The molecule has 0 spiro atoms. The van der Waals surface area contributed by atoms with Crippen molar-refractivity contribution in [1.82, 2.24) is 5.32 Å². The first-order chi connectivity index (χ1) is 7.74. The Bertz CT molecular complexity index is 207. The van der Waals surface area contributed by atoms with E-state index < -0.39 is 6.10 Å². The van der Waals surface area contributed by atoms with Gasteiger partial charge in [0.1, 0.15) is 0 Å². The maximum atomic E-state index is 11.6. The highest BCUT2D eigenvalue weighted by Gasteiger charge is 2.21. The fourth-order valence-corrected chi connectivity index (χ4v) is 1.82. The summed E-state index contributed by atoms with van der Waals surface area (Å²) in [6.45, 7) is 4.39. The summed E-state index contributed by atoms with van der Waals surface area (Å²) >= 11 is 3.43. The van der Waals surface area contributed by atoms with Gasteiger partial charge in [0, 0.05) is 11.9 Å². The van der Waals surface area contributed by atoms with E-state index in [0.29, 0.717) is 25.7 Å². The smallest absolute Gasteiger partial charge is 0.251 e. The number of hydrogen-bond acceptors (Lipinski definition) is 3. The Morgan fingerprint density at radius 2 is 2.38 bits per heavy atom. The van der Waals surface area contributed by atoms with Crippen LogP contribution in [0.15, 0.2) is 0 Å². The van der Waals surface area contributed by atoms with Gasteiger partial charge in [-0.1, -0.05) is 22.9 Å². The topological polar surface area (TPSA) is 47.6 Å². The van der Waals surface area contributed by atoms with Crippen molar-refractivity contribution in [1.29, 1.82) is 0 Å². The molecule has 0 radical (unpaired) electrons. The SMILES string of the molecule is CC(CBr)CCCNC(=O)C1COCCO1. The van der Waals surface area contributed by atoms with E-state index in [1.54, 1.807) is 0 Å². The van der Waals surface area contributed by atoms with E-state index in [-0.39, 0.29) is 5.91 Å². The predicted molar refractivity (Wildman–Crippen MR) is 65.8 cm³/mol. The molecule has 0 aromatic rings. The van der Waals surface area contributed by atoms with E-state index in [2.05, 4.69) is 28.2 Å². The van der Waals surface area contributed by atoms with Crippen LogP contribution >= 0.6 is 15.9 Å². The van der Waals surface area contributed by atoms with Crippen molar-refractivity contribution in [3.8, 4) is 0 Å². The molecule has 94 valence electrons. The van der Waals surface area contributed by atoms with Crippen molar-refractivity contribution in [2.75, 3.05) is 31.7 Å². The van der Waals surface area contributed by atoms with Crippen LogP contribution in [0.5, 0.6) is 0 Å². The molecule has 5 heteroatoms. The highest BCUT2D eigenvalue weighted by molar-refractivity contribution is 9.09. The molecule has 1 aliphatic rings. The van der Waals surface area contributed by atoms with E-state index in [4.69, 9.17) is 9.47 Å². The quantitative estimate of drug-likeness (QED) is 0.594. The molecule has 1 N–H and O–H groups in total. The van der Waals surface area contributed by atoms with Gasteiger partial charge in [-0.3, -0.25) is 4.79 Å². The van der Waals surface area contributed by atoms with Crippen LogP contribution in [0.3, 0.4) is 0 Å². The molecule has 1 heterocycles. The lowest BCUT2D eigenvalue weighted by atomic mass is 10.1. The van der Waals surface area contributed by atoms with Crippen molar-refractivity contribution in [2.45, 2.75) is 25.9 Å². The van der Waals surface area contributed by atoms with Crippen molar-refractivity contribution in [3.05, 3.63) is 0 Å². The summed E-state index contributed by atoms with van der Waals surface area (Å²) in [7, 11) is 0. The average Bonchev–Trinajstić information content (AvgIpc) is 2.35.